The summed E-state index contributed by atoms with van der Waals surface area (Å²) in [5.74, 6) is -4.41. The summed E-state index contributed by atoms with van der Waals surface area (Å²) in [5, 5.41) is 37.5. The highest BCUT2D eigenvalue weighted by Gasteiger charge is 2.63. The van der Waals surface area contributed by atoms with E-state index in [1.807, 2.05) is 54.5 Å². The molecule has 12 heteroatoms. The van der Waals surface area contributed by atoms with Crippen LogP contribution in [0.2, 0.25) is 0 Å². The van der Waals surface area contributed by atoms with Gasteiger partial charge in [0.25, 0.3) is 0 Å². The molecule has 334 valence electrons. The van der Waals surface area contributed by atoms with Crippen LogP contribution in [0.5, 0.6) is 0 Å². The Morgan fingerprint density at radius 3 is 2.26 bits per heavy atom. The van der Waals surface area contributed by atoms with Crippen molar-refractivity contribution in [2.45, 2.75) is 212 Å². The Bertz CT molecular complexity index is 1420. The first-order chi connectivity index (χ1) is 27.3. The number of carbonyl (C=O) groups excluding carboxylic acids is 2. The zero-order valence-electron chi connectivity index (χ0n) is 37.4. The number of aliphatic hydroxyl groups is 3. The van der Waals surface area contributed by atoms with Crippen LogP contribution >= 0.6 is 0 Å². The van der Waals surface area contributed by atoms with Crippen molar-refractivity contribution >= 4 is 11.7 Å². The molecule has 0 aromatic heterocycles. The normalized spacial score (nSPS) is 43.2. The van der Waals surface area contributed by atoms with Crippen LogP contribution in [0, 0.1) is 41.4 Å². The molecule has 58 heavy (non-hydrogen) atoms. The minimum absolute atomic E-state index is 0.00158. The first kappa shape index (κ1) is 47.6. The number of aliphatic hydroxyl groups excluding tert-OH is 2. The van der Waals surface area contributed by atoms with Crippen molar-refractivity contribution in [2.75, 3.05) is 13.1 Å². The van der Waals surface area contributed by atoms with Gasteiger partial charge in [-0.15, -0.1) is 0 Å². The summed E-state index contributed by atoms with van der Waals surface area (Å²) < 4.78 is 33.9. The van der Waals surface area contributed by atoms with Gasteiger partial charge < -0.3 is 50.1 Å². The second-order valence-electron chi connectivity index (χ2n) is 19.4. The quantitative estimate of drug-likeness (QED) is 0.0917. The molecule has 2 spiro atoms. The highest BCUT2D eigenvalue weighted by atomic mass is 16.8. The number of hydrogen-bond acceptors (Lipinski definition) is 11. The van der Waals surface area contributed by atoms with Crippen molar-refractivity contribution in [3.8, 4) is 0 Å². The van der Waals surface area contributed by atoms with Crippen LogP contribution in [0.1, 0.15) is 146 Å². The van der Waals surface area contributed by atoms with E-state index in [1.54, 1.807) is 6.08 Å². The van der Waals surface area contributed by atoms with Crippen molar-refractivity contribution in [3.05, 3.63) is 12.2 Å². The van der Waals surface area contributed by atoms with Gasteiger partial charge in [-0.05, 0) is 115 Å². The van der Waals surface area contributed by atoms with E-state index in [9.17, 15) is 24.9 Å². The predicted molar refractivity (Wildman–Crippen MR) is 222 cm³/mol. The Kier molecular flexibility index (Phi) is 15.8. The smallest absolute Gasteiger partial charge is 0.225 e. The van der Waals surface area contributed by atoms with E-state index in [-0.39, 0.29) is 65.7 Å². The molecule has 5 aliphatic heterocycles. The third kappa shape index (κ3) is 9.45. The van der Waals surface area contributed by atoms with Gasteiger partial charge in [-0.3, -0.25) is 9.59 Å². The minimum Gasteiger partial charge on any atom is -0.392 e. The van der Waals surface area contributed by atoms with Gasteiger partial charge in [0.2, 0.25) is 11.7 Å². The molecule has 5 rings (SSSR count). The monoisotopic (exact) mass is 821 g/mol. The lowest BCUT2D eigenvalue weighted by molar-refractivity contribution is -0.409. The average molecular weight is 821 g/mol. The van der Waals surface area contributed by atoms with E-state index in [4.69, 9.17) is 29.4 Å². The van der Waals surface area contributed by atoms with Crippen LogP contribution in [-0.4, -0.2) is 106 Å². The Morgan fingerprint density at radius 1 is 0.914 bits per heavy atom. The summed E-state index contributed by atoms with van der Waals surface area (Å²) in [7, 11) is 0. The summed E-state index contributed by atoms with van der Waals surface area (Å²) >= 11 is 0. The van der Waals surface area contributed by atoms with Gasteiger partial charge in [0, 0.05) is 36.6 Å². The fourth-order valence-electron chi connectivity index (χ4n) is 11.1. The second-order valence-corrected chi connectivity index (χ2v) is 19.4. The van der Waals surface area contributed by atoms with Gasteiger partial charge in [-0.2, -0.15) is 0 Å². The first-order valence-electron chi connectivity index (χ1n) is 23.0. The standard InChI is InChI=1S/C46H80N2O10/c1-11-33(42(52)48-25-15-14-24-47)35-17-16-27(4)40(55-35)31(8)38(50)30(7)39(51)34(12-2)41-28(5)26-29(6)45(56-41)21-18-36(49)46(58-45)23-22-43(10,57-46)37-19-20-44(53,13-3)32(9)54-37/h18,21,27-38,40-41,49-50,53H,11-17,19-20,22-26,47H2,1-10H3,(H,48,52)/t27-,28-,29+,30-,31-,32-,33+,34-,35+,36+,37+,38+,40+,41-,43-,44+,45-,46-/m0/s1. The molecule has 0 aromatic rings. The average Bonchev–Trinajstić information content (AvgIpc) is 3.55. The number of nitrogens with one attached hydrogen (secondary N) is 1. The molecule has 1 amide bonds. The number of amides is 1. The molecule has 0 radical (unpaired) electrons. The summed E-state index contributed by atoms with van der Waals surface area (Å²) in [4.78, 5) is 27.8. The predicted octanol–water partition coefficient (Wildman–Crippen LogP) is 5.96. The Balaban J connectivity index is 1.27. The fourth-order valence-corrected chi connectivity index (χ4v) is 11.1. The fraction of sp³-hybridized carbons (Fsp3) is 0.913. The Labute approximate surface area is 349 Å². The van der Waals surface area contributed by atoms with E-state index >= 15 is 0 Å². The number of hydrogen-bond donors (Lipinski definition) is 5. The van der Waals surface area contributed by atoms with Gasteiger partial charge in [0.1, 0.15) is 11.9 Å². The molecule has 0 aromatic carbocycles. The number of ketones is 1. The van der Waals surface area contributed by atoms with Crippen LogP contribution in [0.4, 0.5) is 0 Å². The summed E-state index contributed by atoms with van der Waals surface area (Å²) in [6, 6.07) is 0. The van der Waals surface area contributed by atoms with Crippen LogP contribution in [0.3, 0.4) is 0 Å². The summed E-state index contributed by atoms with van der Waals surface area (Å²) in [5.41, 5.74) is 4.00. The van der Waals surface area contributed by atoms with E-state index in [0.29, 0.717) is 58.0 Å². The van der Waals surface area contributed by atoms with Crippen LogP contribution in [0.15, 0.2) is 12.2 Å². The van der Waals surface area contributed by atoms with Gasteiger partial charge in [0.15, 0.2) is 5.79 Å². The maximum Gasteiger partial charge on any atom is 0.225 e. The Morgan fingerprint density at radius 2 is 1.62 bits per heavy atom. The third-order valence-corrected chi connectivity index (χ3v) is 15.4. The number of rotatable bonds is 16. The van der Waals surface area contributed by atoms with Crippen molar-refractivity contribution in [1.29, 1.82) is 0 Å². The molecule has 0 unspecified atom stereocenters. The summed E-state index contributed by atoms with van der Waals surface area (Å²) in [6.45, 7) is 21.2. The molecular formula is C46H80N2O10. The molecule has 5 aliphatic rings. The number of Topliss-reactive ketones (excluding diaryl/α,β-unsaturated/α-hetero) is 1. The van der Waals surface area contributed by atoms with Crippen LogP contribution < -0.4 is 11.1 Å². The SMILES string of the molecule is CC[C@@H](C(=O)[C@@H](C)[C@@H](O)[C@H](C)[C@@H]1O[C@@H]([C@@H](CC)C(=O)NCCCCN)CC[C@@H]1C)[C@H]1O[C@]2(C=C[C@@H](O)[C@]3(CC[C@@](C)([C@H]4CC[C@](O)(CC)[C@H](C)O4)O3)O2)[C@H](C)C[C@@H]1C. The van der Waals surface area contributed by atoms with Crippen molar-refractivity contribution < 1.29 is 48.6 Å². The van der Waals surface area contributed by atoms with Crippen molar-refractivity contribution in [1.82, 2.24) is 5.32 Å². The van der Waals surface area contributed by atoms with E-state index < -0.39 is 52.9 Å². The largest absolute Gasteiger partial charge is 0.392 e. The number of carbonyl (C=O) groups is 2. The molecule has 4 saturated heterocycles. The number of nitrogens with two attached hydrogens (primary N) is 1. The van der Waals surface area contributed by atoms with Gasteiger partial charge in [0.05, 0.1) is 53.7 Å². The molecule has 12 nitrogen and oxygen atoms in total. The van der Waals surface area contributed by atoms with E-state index in [1.165, 1.54) is 0 Å². The van der Waals surface area contributed by atoms with Gasteiger partial charge in [-0.25, -0.2) is 0 Å². The van der Waals surface area contributed by atoms with E-state index in [2.05, 4.69) is 26.1 Å². The zero-order chi connectivity index (χ0) is 42.8. The molecule has 18 atom stereocenters. The number of ether oxygens (including phenoxy) is 5. The molecule has 6 N–H and O–H groups in total. The minimum atomic E-state index is -1.37. The molecule has 0 bridgehead atoms. The van der Waals surface area contributed by atoms with Crippen molar-refractivity contribution in [2.24, 2.45) is 47.2 Å². The highest BCUT2D eigenvalue weighted by Crippen LogP contribution is 2.54. The van der Waals surface area contributed by atoms with Gasteiger partial charge in [-0.1, -0.05) is 55.4 Å². The van der Waals surface area contributed by atoms with Gasteiger partial charge >= 0.3 is 0 Å². The Hall–Kier alpha value is -1.48. The maximum atomic E-state index is 14.6. The third-order valence-electron chi connectivity index (χ3n) is 15.4. The molecule has 0 saturated carbocycles. The highest BCUT2D eigenvalue weighted by molar-refractivity contribution is 5.84. The van der Waals surface area contributed by atoms with Crippen molar-refractivity contribution in [3.63, 3.8) is 0 Å². The summed E-state index contributed by atoms with van der Waals surface area (Å²) in [6.07, 6.45) is 7.96. The topological polar surface area (TPSA) is 179 Å². The first-order valence-corrected chi connectivity index (χ1v) is 23.0. The molecule has 5 heterocycles. The molecular weight excluding hydrogens is 741 g/mol. The number of unbranched alkanes of at least 4 members (excludes halogenated alkanes) is 1. The van der Waals surface area contributed by atoms with E-state index in [0.717, 1.165) is 32.1 Å². The molecule has 4 fully saturated rings. The zero-order valence-corrected chi connectivity index (χ0v) is 37.4. The maximum absolute atomic E-state index is 14.6. The lowest BCUT2D eigenvalue weighted by atomic mass is 9.72. The van der Waals surface area contributed by atoms with Crippen LogP contribution in [0.25, 0.3) is 0 Å². The second kappa shape index (κ2) is 19.3. The lowest BCUT2D eigenvalue weighted by Crippen LogP contribution is -2.63. The molecule has 0 aliphatic carbocycles. The lowest BCUT2D eigenvalue weighted by Gasteiger charge is -2.54. The van der Waals surface area contributed by atoms with Crippen LogP contribution in [-0.2, 0) is 33.3 Å².